The molecule has 0 aliphatic rings. The second-order valence-corrected chi connectivity index (χ2v) is 3.07. The van der Waals surface area contributed by atoms with Crippen LogP contribution < -0.4 is 11.1 Å². The molecule has 1 aromatic rings. The van der Waals surface area contributed by atoms with Crippen molar-refractivity contribution < 1.29 is 4.79 Å². The van der Waals surface area contributed by atoms with Gasteiger partial charge >= 0.3 is 0 Å². The van der Waals surface area contributed by atoms with E-state index < -0.39 is 0 Å². The van der Waals surface area contributed by atoms with Gasteiger partial charge in [-0.05, 0) is 6.92 Å². The van der Waals surface area contributed by atoms with Crippen molar-refractivity contribution in [2.45, 2.75) is 13.0 Å². The number of carbonyl (C=O) groups is 1. The normalized spacial score (nSPS) is 12.1. The zero-order chi connectivity index (χ0) is 10.7. The largest absolute Gasteiger partial charge is 0.396 e. The summed E-state index contributed by atoms with van der Waals surface area (Å²) >= 11 is 0. The van der Waals surface area contributed by atoms with E-state index in [-0.39, 0.29) is 11.9 Å². The fraction of sp³-hybridized carbons (Fsp3) is 0.333. The zero-order valence-electron chi connectivity index (χ0n) is 8.32. The summed E-state index contributed by atoms with van der Waals surface area (Å²) in [7, 11) is 1.67. The fourth-order valence-electron chi connectivity index (χ4n) is 1.07. The number of nitrogens with one attached hydrogen (secondary N) is 1. The van der Waals surface area contributed by atoms with Crippen molar-refractivity contribution in [2.24, 2.45) is 7.05 Å². The zero-order valence-corrected chi connectivity index (χ0v) is 8.32. The van der Waals surface area contributed by atoms with Crippen LogP contribution in [0.5, 0.6) is 0 Å². The lowest BCUT2D eigenvalue weighted by Crippen LogP contribution is -2.32. The molecule has 1 rings (SSSR count). The highest BCUT2D eigenvalue weighted by molar-refractivity contribution is 5.97. The van der Waals surface area contributed by atoms with Gasteiger partial charge in [0.25, 0.3) is 5.91 Å². The molecule has 14 heavy (non-hydrogen) atoms. The molecule has 0 bridgehead atoms. The van der Waals surface area contributed by atoms with E-state index in [1.165, 1.54) is 10.9 Å². The Morgan fingerprint density at radius 3 is 2.93 bits per heavy atom. The minimum absolute atomic E-state index is 0.0863. The Hall–Kier alpha value is -1.78. The maximum atomic E-state index is 11.6. The number of nitrogens with two attached hydrogens (primary N) is 1. The van der Waals surface area contributed by atoms with Crippen LogP contribution in [0.1, 0.15) is 17.4 Å². The number of hydrogen-bond donors (Lipinski definition) is 2. The summed E-state index contributed by atoms with van der Waals surface area (Å²) in [5, 5.41) is 6.59. The average Bonchev–Trinajstić information content (AvgIpc) is 2.46. The number of nitrogen functional groups attached to an aromatic ring is 1. The second kappa shape index (κ2) is 3.95. The highest BCUT2D eigenvalue weighted by atomic mass is 16.2. The molecule has 5 nitrogen and oxygen atoms in total. The van der Waals surface area contributed by atoms with Gasteiger partial charge in [-0.15, -0.1) is 6.58 Å². The molecule has 0 aliphatic carbocycles. The van der Waals surface area contributed by atoms with Gasteiger partial charge in [0.1, 0.15) is 5.69 Å². The molecule has 1 heterocycles. The van der Waals surface area contributed by atoms with Gasteiger partial charge in [-0.3, -0.25) is 9.48 Å². The first kappa shape index (κ1) is 10.3. The van der Waals surface area contributed by atoms with Crippen LogP contribution in [0.3, 0.4) is 0 Å². The molecular weight excluding hydrogens is 180 g/mol. The maximum Gasteiger partial charge on any atom is 0.272 e. The van der Waals surface area contributed by atoms with Crippen LogP contribution in [-0.4, -0.2) is 21.7 Å². The van der Waals surface area contributed by atoms with E-state index in [2.05, 4.69) is 17.0 Å². The number of amides is 1. The van der Waals surface area contributed by atoms with Crippen LogP contribution >= 0.6 is 0 Å². The van der Waals surface area contributed by atoms with Crippen molar-refractivity contribution in [3.05, 3.63) is 24.5 Å². The van der Waals surface area contributed by atoms with E-state index in [9.17, 15) is 4.79 Å². The standard InChI is InChI=1S/C9H14N4O/c1-4-6(2)12-9(14)8-7(10)5-11-13(8)3/h4-6H,1,10H2,2-3H3,(H,12,14). The molecular formula is C9H14N4O. The Kier molecular flexibility index (Phi) is 2.91. The first-order chi connectivity index (χ1) is 6.56. The van der Waals surface area contributed by atoms with E-state index in [4.69, 9.17) is 5.73 Å². The van der Waals surface area contributed by atoms with Crippen LogP contribution in [0.2, 0.25) is 0 Å². The monoisotopic (exact) mass is 194 g/mol. The Bertz CT molecular complexity index is 336. The highest BCUT2D eigenvalue weighted by Crippen LogP contribution is 2.08. The molecule has 3 N–H and O–H groups in total. The Morgan fingerprint density at radius 1 is 1.86 bits per heavy atom. The minimum Gasteiger partial charge on any atom is -0.396 e. The molecule has 0 spiro atoms. The van der Waals surface area contributed by atoms with E-state index in [0.29, 0.717) is 11.4 Å². The predicted molar refractivity (Wildman–Crippen MR) is 54.7 cm³/mol. The molecule has 76 valence electrons. The molecule has 1 aromatic heterocycles. The van der Waals surface area contributed by atoms with Gasteiger partial charge in [-0.25, -0.2) is 0 Å². The van der Waals surface area contributed by atoms with Crippen LogP contribution in [0, 0.1) is 0 Å². The summed E-state index contributed by atoms with van der Waals surface area (Å²) in [6.07, 6.45) is 3.10. The van der Waals surface area contributed by atoms with Gasteiger partial charge in [-0.1, -0.05) is 6.08 Å². The lowest BCUT2D eigenvalue weighted by atomic mass is 10.3. The van der Waals surface area contributed by atoms with Crippen LogP contribution in [0.4, 0.5) is 5.69 Å². The average molecular weight is 194 g/mol. The van der Waals surface area contributed by atoms with Crippen molar-refractivity contribution in [1.29, 1.82) is 0 Å². The SMILES string of the molecule is C=CC(C)NC(=O)c1c(N)cnn1C. The van der Waals surface area contributed by atoms with E-state index >= 15 is 0 Å². The van der Waals surface area contributed by atoms with Crippen molar-refractivity contribution in [3.8, 4) is 0 Å². The van der Waals surface area contributed by atoms with Crippen molar-refractivity contribution in [2.75, 3.05) is 5.73 Å². The van der Waals surface area contributed by atoms with Gasteiger partial charge in [-0.2, -0.15) is 5.10 Å². The second-order valence-electron chi connectivity index (χ2n) is 3.07. The summed E-state index contributed by atoms with van der Waals surface area (Å²) in [6, 6.07) is -0.0863. The van der Waals surface area contributed by atoms with Crippen LogP contribution in [0.15, 0.2) is 18.9 Å². The first-order valence-corrected chi connectivity index (χ1v) is 4.27. The third-order valence-electron chi connectivity index (χ3n) is 1.89. The molecule has 0 saturated carbocycles. The fourth-order valence-corrected chi connectivity index (χ4v) is 1.07. The summed E-state index contributed by atoms with van der Waals surface area (Å²) in [5.74, 6) is -0.241. The first-order valence-electron chi connectivity index (χ1n) is 4.27. The summed E-state index contributed by atoms with van der Waals surface area (Å²) in [4.78, 5) is 11.6. The number of rotatable bonds is 3. The van der Waals surface area contributed by atoms with Crippen molar-refractivity contribution in [1.82, 2.24) is 15.1 Å². The third-order valence-corrected chi connectivity index (χ3v) is 1.89. The van der Waals surface area contributed by atoms with E-state index in [0.717, 1.165) is 0 Å². The van der Waals surface area contributed by atoms with Gasteiger partial charge in [0.2, 0.25) is 0 Å². The van der Waals surface area contributed by atoms with Crippen LogP contribution in [-0.2, 0) is 7.05 Å². The van der Waals surface area contributed by atoms with Crippen molar-refractivity contribution in [3.63, 3.8) is 0 Å². The maximum absolute atomic E-state index is 11.6. The van der Waals surface area contributed by atoms with Gasteiger partial charge in [0.05, 0.1) is 11.9 Å². The molecule has 0 radical (unpaired) electrons. The van der Waals surface area contributed by atoms with Gasteiger partial charge in [0, 0.05) is 13.1 Å². The van der Waals surface area contributed by atoms with Crippen molar-refractivity contribution >= 4 is 11.6 Å². The Balaban J connectivity index is 2.84. The van der Waals surface area contributed by atoms with Gasteiger partial charge in [0.15, 0.2) is 0 Å². The minimum atomic E-state index is -0.241. The third kappa shape index (κ3) is 1.93. The number of anilines is 1. The van der Waals surface area contributed by atoms with Gasteiger partial charge < -0.3 is 11.1 Å². The molecule has 0 fully saturated rings. The van der Waals surface area contributed by atoms with E-state index in [1.807, 2.05) is 6.92 Å². The summed E-state index contributed by atoms with van der Waals surface area (Å²) in [6.45, 7) is 5.40. The molecule has 0 aromatic carbocycles. The lowest BCUT2D eigenvalue weighted by molar-refractivity contribution is 0.0938. The number of hydrogen-bond acceptors (Lipinski definition) is 3. The highest BCUT2D eigenvalue weighted by Gasteiger charge is 2.15. The summed E-state index contributed by atoms with van der Waals surface area (Å²) < 4.78 is 1.44. The number of nitrogens with zero attached hydrogens (tertiary/aromatic N) is 2. The van der Waals surface area contributed by atoms with E-state index in [1.54, 1.807) is 13.1 Å². The Labute approximate surface area is 82.6 Å². The lowest BCUT2D eigenvalue weighted by Gasteiger charge is -2.09. The smallest absolute Gasteiger partial charge is 0.272 e. The number of carbonyl (C=O) groups excluding carboxylic acids is 1. The number of aromatic nitrogens is 2. The molecule has 0 saturated heterocycles. The van der Waals surface area contributed by atoms with Crippen LogP contribution in [0.25, 0.3) is 0 Å². The topological polar surface area (TPSA) is 72.9 Å². The molecule has 0 aliphatic heterocycles. The molecule has 1 amide bonds. The molecule has 1 unspecified atom stereocenters. The predicted octanol–water partition coefficient (Wildman–Crippen LogP) is 0.307. The summed E-state index contributed by atoms with van der Waals surface area (Å²) in [5.41, 5.74) is 6.34. The molecule has 1 atom stereocenters. The number of aryl methyl sites for hydroxylation is 1. The quantitative estimate of drug-likeness (QED) is 0.680. The molecule has 5 heteroatoms. The Morgan fingerprint density at radius 2 is 2.50 bits per heavy atom.